The van der Waals surface area contributed by atoms with Crippen molar-refractivity contribution in [1.29, 1.82) is 0 Å². The molecule has 0 aliphatic carbocycles. The second kappa shape index (κ2) is 5.29. The van der Waals surface area contributed by atoms with E-state index in [1.807, 2.05) is 0 Å². The van der Waals surface area contributed by atoms with Crippen LogP contribution in [0.15, 0.2) is 12.1 Å². The Morgan fingerprint density at radius 2 is 1.94 bits per heavy atom. The summed E-state index contributed by atoms with van der Waals surface area (Å²) in [5.74, 6) is -2.10. The first kappa shape index (κ1) is 14.3. The van der Waals surface area contributed by atoms with Crippen LogP contribution in [0.4, 0.5) is 13.2 Å². The summed E-state index contributed by atoms with van der Waals surface area (Å²) in [4.78, 5) is 11.4. The fraction of sp³-hybridized carbons (Fsp3) is 0.417. The second-order valence-corrected chi connectivity index (χ2v) is 3.54. The minimum absolute atomic E-state index is 0.0127. The quantitative estimate of drug-likeness (QED) is 0.846. The Morgan fingerprint density at radius 1 is 1.33 bits per heavy atom. The molecule has 6 heteroatoms. The Balaban J connectivity index is 3.45. The Hall–Kier alpha value is -1.72. The Morgan fingerprint density at radius 3 is 2.39 bits per heavy atom. The van der Waals surface area contributed by atoms with Gasteiger partial charge in [-0.2, -0.15) is 13.2 Å². The van der Waals surface area contributed by atoms with E-state index < -0.39 is 29.0 Å². The number of alkyl halides is 3. The molecule has 0 aromatic heterocycles. The van der Waals surface area contributed by atoms with Crippen LogP contribution in [0, 0.1) is 0 Å². The zero-order valence-electron chi connectivity index (χ0n) is 9.97. The van der Waals surface area contributed by atoms with Crippen LogP contribution in [0.5, 0.6) is 11.5 Å². The van der Waals surface area contributed by atoms with E-state index in [9.17, 15) is 23.1 Å². The molecule has 0 fully saturated rings. The molecule has 0 saturated heterocycles. The molecule has 0 amide bonds. The average Bonchev–Trinajstić information content (AvgIpc) is 2.27. The number of phenols is 1. The Bertz CT molecular complexity index is 453. The summed E-state index contributed by atoms with van der Waals surface area (Å²) in [7, 11) is 0. The first-order valence-electron chi connectivity index (χ1n) is 5.42. The number of phenolic OH excluding ortho intramolecular Hbond substituents is 1. The number of carbonyl (C=O) groups excluding carboxylic acids is 1. The van der Waals surface area contributed by atoms with Crippen LogP contribution >= 0.6 is 0 Å². The molecule has 100 valence electrons. The molecule has 1 rings (SSSR count). The van der Waals surface area contributed by atoms with E-state index in [1.165, 1.54) is 13.8 Å². The summed E-state index contributed by atoms with van der Waals surface area (Å²) in [5, 5.41) is 9.61. The van der Waals surface area contributed by atoms with Crippen LogP contribution in [-0.4, -0.2) is 17.5 Å². The van der Waals surface area contributed by atoms with Crippen molar-refractivity contribution in [3.05, 3.63) is 23.3 Å². The van der Waals surface area contributed by atoms with Gasteiger partial charge in [-0.1, -0.05) is 6.92 Å². The number of hydrogen-bond donors (Lipinski definition) is 1. The molecule has 3 nitrogen and oxygen atoms in total. The minimum atomic E-state index is -4.78. The molecule has 0 aliphatic heterocycles. The highest BCUT2D eigenvalue weighted by Gasteiger charge is 2.39. The van der Waals surface area contributed by atoms with Gasteiger partial charge in [0.25, 0.3) is 0 Å². The normalized spacial score (nSPS) is 11.4. The molecular weight excluding hydrogens is 249 g/mol. The van der Waals surface area contributed by atoms with E-state index in [4.69, 9.17) is 4.74 Å². The van der Waals surface area contributed by atoms with Crippen molar-refractivity contribution in [2.75, 3.05) is 6.61 Å². The number of halogens is 3. The Labute approximate surface area is 102 Å². The molecular formula is C12H13F3O3. The molecule has 0 heterocycles. The largest absolute Gasteiger partial charge is 0.506 e. The van der Waals surface area contributed by atoms with Crippen molar-refractivity contribution < 1.29 is 27.8 Å². The lowest BCUT2D eigenvalue weighted by Crippen LogP contribution is -2.11. The van der Waals surface area contributed by atoms with Gasteiger partial charge in [-0.05, 0) is 19.1 Å². The standard InChI is InChI=1S/C12H13F3O3/c1-3-8(16)7-5-6-9(18-4-2)10(11(7)17)12(13,14)15/h5-6,17H,3-4H2,1-2H3. The lowest BCUT2D eigenvalue weighted by Gasteiger charge is -2.16. The van der Waals surface area contributed by atoms with E-state index in [0.29, 0.717) is 0 Å². The molecule has 0 saturated carbocycles. The average molecular weight is 262 g/mol. The van der Waals surface area contributed by atoms with Gasteiger partial charge in [0, 0.05) is 6.42 Å². The van der Waals surface area contributed by atoms with Gasteiger partial charge in [0.15, 0.2) is 5.78 Å². The highest BCUT2D eigenvalue weighted by atomic mass is 19.4. The predicted octanol–water partition coefficient (Wildman–Crippen LogP) is 3.40. The molecule has 0 aliphatic rings. The highest BCUT2D eigenvalue weighted by molar-refractivity contribution is 5.99. The third kappa shape index (κ3) is 2.75. The van der Waals surface area contributed by atoms with Crippen LogP contribution in [0.1, 0.15) is 36.2 Å². The fourth-order valence-corrected chi connectivity index (χ4v) is 1.54. The van der Waals surface area contributed by atoms with Gasteiger partial charge in [-0.15, -0.1) is 0 Å². The first-order valence-corrected chi connectivity index (χ1v) is 5.42. The number of Topliss-reactive ketones (excluding diaryl/α,β-unsaturated/α-hetero) is 1. The van der Waals surface area contributed by atoms with E-state index >= 15 is 0 Å². The van der Waals surface area contributed by atoms with Crippen LogP contribution in [0.2, 0.25) is 0 Å². The lowest BCUT2D eigenvalue weighted by atomic mass is 10.0. The maximum absolute atomic E-state index is 12.8. The van der Waals surface area contributed by atoms with Crippen molar-refractivity contribution in [2.24, 2.45) is 0 Å². The third-order valence-corrected chi connectivity index (χ3v) is 2.34. The monoisotopic (exact) mass is 262 g/mol. The van der Waals surface area contributed by atoms with Gasteiger partial charge in [0.2, 0.25) is 0 Å². The van der Waals surface area contributed by atoms with Crippen LogP contribution in [-0.2, 0) is 6.18 Å². The first-order chi connectivity index (χ1) is 8.32. The second-order valence-electron chi connectivity index (χ2n) is 3.54. The number of hydrogen-bond acceptors (Lipinski definition) is 3. The van der Waals surface area contributed by atoms with Gasteiger partial charge >= 0.3 is 6.18 Å². The van der Waals surface area contributed by atoms with E-state index in [1.54, 1.807) is 0 Å². The van der Waals surface area contributed by atoms with Crippen molar-refractivity contribution in [2.45, 2.75) is 26.4 Å². The van der Waals surface area contributed by atoms with Gasteiger partial charge in [0.1, 0.15) is 17.1 Å². The smallest absolute Gasteiger partial charge is 0.423 e. The SMILES string of the molecule is CCOc1ccc(C(=O)CC)c(O)c1C(F)(F)F. The number of carbonyl (C=O) groups is 1. The zero-order valence-corrected chi connectivity index (χ0v) is 9.97. The molecule has 1 aromatic rings. The number of rotatable bonds is 4. The molecule has 0 spiro atoms. The minimum Gasteiger partial charge on any atom is -0.506 e. The van der Waals surface area contributed by atoms with Crippen molar-refractivity contribution >= 4 is 5.78 Å². The lowest BCUT2D eigenvalue weighted by molar-refractivity contribution is -0.140. The van der Waals surface area contributed by atoms with Crippen molar-refractivity contribution in [3.63, 3.8) is 0 Å². The zero-order chi connectivity index (χ0) is 13.9. The van der Waals surface area contributed by atoms with Crippen LogP contribution < -0.4 is 4.74 Å². The maximum Gasteiger partial charge on any atom is 0.423 e. The summed E-state index contributed by atoms with van der Waals surface area (Å²) < 4.78 is 43.3. The molecule has 1 N–H and O–H groups in total. The van der Waals surface area contributed by atoms with Crippen molar-refractivity contribution in [3.8, 4) is 11.5 Å². The van der Waals surface area contributed by atoms with Crippen LogP contribution in [0.25, 0.3) is 0 Å². The Kier molecular flexibility index (Phi) is 4.21. The highest BCUT2D eigenvalue weighted by Crippen LogP contribution is 2.43. The van der Waals surface area contributed by atoms with Gasteiger partial charge in [0.05, 0.1) is 12.2 Å². The number of ketones is 1. The maximum atomic E-state index is 12.8. The molecule has 0 radical (unpaired) electrons. The molecule has 0 atom stereocenters. The van der Waals surface area contributed by atoms with E-state index in [0.717, 1.165) is 12.1 Å². The fourth-order valence-electron chi connectivity index (χ4n) is 1.54. The molecule has 1 aromatic carbocycles. The molecule has 18 heavy (non-hydrogen) atoms. The number of ether oxygens (including phenoxy) is 1. The summed E-state index contributed by atoms with van der Waals surface area (Å²) in [5.41, 5.74) is -1.64. The molecule has 0 bridgehead atoms. The van der Waals surface area contributed by atoms with Gasteiger partial charge < -0.3 is 9.84 Å². The van der Waals surface area contributed by atoms with Gasteiger partial charge in [-0.25, -0.2) is 0 Å². The third-order valence-electron chi connectivity index (χ3n) is 2.34. The van der Waals surface area contributed by atoms with Crippen molar-refractivity contribution in [1.82, 2.24) is 0 Å². The summed E-state index contributed by atoms with van der Waals surface area (Å²) in [6.07, 6.45) is -4.77. The van der Waals surface area contributed by atoms with E-state index in [2.05, 4.69) is 0 Å². The number of benzene rings is 1. The van der Waals surface area contributed by atoms with Gasteiger partial charge in [-0.3, -0.25) is 4.79 Å². The predicted molar refractivity (Wildman–Crippen MR) is 58.9 cm³/mol. The number of aromatic hydroxyl groups is 1. The summed E-state index contributed by atoms with van der Waals surface area (Å²) >= 11 is 0. The van der Waals surface area contributed by atoms with E-state index in [-0.39, 0.29) is 18.6 Å². The summed E-state index contributed by atoms with van der Waals surface area (Å²) in [6, 6.07) is 2.19. The van der Waals surface area contributed by atoms with Crippen LogP contribution in [0.3, 0.4) is 0 Å². The molecule has 0 unspecified atom stereocenters. The topological polar surface area (TPSA) is 46.5 Å². The summed E-state index contributed by atoms with van der Waals surface area (Å²) in [6.45, 7) is 3.07.